The van der Waals surface area contributed by atoms with Crippen LogP contribution in [-0.4, -0.2) is 82.4 Å². The van der Waals surface area contributed by atoms with E-state index in [1.165, 1.54) is 6.42 Å². The lowest BCUT2D eigenvalue weighted by Crippen LogP contribution is -2.49. The first-order chi connectivity index (χ1) is 17.2. The van der Waals surface area contributed by atoms with Crippen molar-refractivity contribution in [2.24, 2.45) is 11.3 Å². The average molecular weight is 511 g/mol. The second-order valence-electron chi connectivity index (χ2n) is 10.2. The Morgan fingerprint density at radius 1 is 1.22 bits per heavy atom. The van der Waals surface area contributed by atoms with Crippen LogP contribution in [0.3, 0.4) is 0 Å². The van der Waals surface area contributed by atoms with Crippen molar-refractivity contribution >= 4 is 18.9 Å². The molecule has 3 heterocycles. The summed E-state index contributed by atoms with van der Waals surface area (Å²) in [5.41, 5.74) is -0.223. The fourth-order valence-corrected chi connectivity index (χ4v) is 5.65. The van der Waals surface area contributed by atoms with Crippen molar-refractivity contribution < 1.29 is 29.3 Å². The Morgan fingerprint density at radius 3 is 2.47 bits per heavy atom. The molecule has 2 aliphatic heterocycles. The van der Waals surface area contributed by atoms with Crippen molar-refractivity contribution in [2.45, 2.75) is 90.8 Å². The Bertz CT molecular complexity index is 778. The molecule has 10 heteroatoms. The lowest BCUT2D eigenvalue weighted by Gasteiger charge is -2.37. The number of methoxy groups -OCH3 is 1. The molecule has 1 amide bonds. The summed E-state index contributed by atoms with van der Waals surface area (Å²) in [5, 5.41) is 17.1. The van der Waals surface area contributed by atoms with Crippen LogP contribution in [0.15, 0.2) is 12.4 Å². The van der Waals surface area contributed by atoms with Crippen LogP contribution in [0.1, 0.15) is 78.0 Å². The first kappa shape index (κ1) is 31.6. The average Bonchev–Trinajstić information content (AvgIpc) is 3.54. The van der Waals surface area contributed by atoms with Crippen LogP contribution in [0.4, 0.5) is 0 Å². The second-order valence-corrected chi connectivity index (χ2v) is 10.2. The van der Waals surface area contributed by atoms with Crippen molar-refractivity contribution in [3.63, 3.8) is 0 Å². The largest absolute Gasteiger partial charge is 0.483 e. The minimum absolute atomic E-state index is 0.223. The molecule has 3 N–H and O–H groups in total. The molecule has 2 bridgehead atoms. The van der Waals surface area contributed by atoms with Crippen LogP contribution >= 0.6 is 0 Å². The van der Waals surface area contributed by atoms with Gasteiger partial charge in [0.1, 0.15) is 5.82 Å². The summed E-state index contributed by atoms with van der Waals surface area (Å²) >= 11 is 0. The van der Waals surface area contributed by atoms with Crippen LogP contribution < -0.4 is 5.32 Å². The van der Waals surface area contributed by atoms with Crippen molar-refractivity contribution in [1.29, 1.82) is 0 Å². The van der Waals surface area contributed by atoms with Crippen LogP contribution in [-0.2, 0) is 25.7 Å². The number of rotatable bonds is 12. The van der Waals surface area contributed by atoms with Crippen molar-refractivity contribution in [1.82, 2.24) is 19.8 Å². The van der Waals surface area contributed by atoms with Gasteiger partial charge in [-0.1, -0.05) is 27.7 Å². The Labute approximate surface area is 215 Å². The Balaban J connectivity index is 0.000000982. The molecule has 10 nitrogen and oxygen atoms in total. The smallest absolute Gasteiger partial charge is 0.290 e. The quantitative estimate of drug-likeness (QED) is 0.288. The molecule has 36 heavy (non-hydrogen) atoms. The molecular formula is C26H46N4O6. The zero-order valence-electron chi connectivity index (χ0n) is 22.6. The molecule has 0 radical (unpaired) electrons. The van der Waals surface area contributed by atoms with Crippen molar-refractivity contribution in [2.75, 3.05) is 26.8 Å². The van der Waals surface area contributed by atoms with Crippen LogP contribution in [0.25, 0.3) is 0 Å². The molecule has 3 atom stereocenters. The van der Waals surface area contributed by atoms with Gasteiger partial charge in [-0.25, -0.2) is 4.98 Å². The highest BCUT2D eigenvalue weighted by atomic mass is 16.5. The highest BCUT2D eigenvalue weighted by Gasteiger charge is 2.58. The van der Waals surface area contributed by atoms with Gasteiger partial charge in [-0.3, -0.25) is 19.3 Å². The Hall–Kier alpha value is -2.46. The van der Waals surface area contributed by atoms with Gasteiger partial charge < -0.3 is 24.8 Å². The van der Waals surface area contributed by atoms with Gasteiger partial charge in [0.05, 0.1) is 12.0 Å². The maximum atomic E-state index is 13.5. The minimum atomic E-state index is -0.250. The molecule has 0 spiro atoms. The molecule has 2 fully saturated rings. The van der Waals surface area contributed by atoms with E-state index in [1.54, 1.807) is 7.11 Å². The van der Waals surface area contributed by atoms with E-state index in [4.69, 9.17) is 24.5 Å². The van der Waals surface area contributed by atoms with Gasteiger partial charge in [-0.15, -0.1) is 0 Å². The van der Waals surface area contributed by atoms with E-state index in [-0.39, 0.29) is 24.3 Å². The van der Waals surface area contributed by atoms with E-state index in [0.29, 0.717) is 23.9 Å². The number of ether oxygens (including phenoxy) is 1. The summed E-state index contributed by atoms with van der Waals surface area (Å²) in [4.78, 5) is 37.3. The number of fused-ring (bicyclic) bond motifs is 2. The van der Waals surface area contributed by atoms with E-state index < -0.39 is 0 Å². The molecule has 1 aromatic rings. The second kappa shape index (κ2) is 16.3. The lowest BCUT2D eigenvalue weighted by molar-refractivity contribution is -0.133. The van der Waals surface area contributed by atoms with Crippen LogP contribution in [0.2, 0.25) is 0 Å². The van der Waals surface area contributed by atoms with Gasteiger partial charge >= 0.3 is 0 Å². The molecule has 0 aliphatic carbocycles. The summed E-state index contributed by atoms with van der Waals surface area (Å²) < 4.78 is 7.56. The first-order valence-electron chi connectivity index (χ1n) is 12.9. The van der Waals surface area contributed by atoms with E-state index in [0.717, 1.165) is 64.2 Å². The molecule has 2 saturated heterocycles. The third kappa shape index (κ3) is 8.58. The predicted molar refractivity (Wildman–Crippen MR) is 138 cm³/mol. The van der Waals surface area contributed by atoms with E-state index >= 15 is 0 Å². The third-order valence-electron chi connectivity index (χ3n) is 7.18. The standard InChI is InChI=1S/C24H42N4O2.2CH2O2/c1-18(2)9-10-24(17-20-7-8-21(24)28(20)15-16-30-5)23(29)26-11-6-13-27-14-12-25-22(27)19(3)4;2*2-1-3/h12,14,18-21H,6-11,13,15-17H2,1-5H3,(H,26,29);2*1H,(H,2,3)/t20-,21+,24+;;/m1../s1. The summed E-state index contributed by atoms with van der Waals surface area (Å²) in [6.45, 7) is 11.7. The lowest BCUT2D eigenvalue weighted by atomic mass is 9.69. The van der Waals surface area contributed by atoms with Gasteiger partial charge in [0, 0.05) is 57.1 Å². The van der Waals surface area contributed by atoms with Crippen molar-refractivity contribution in [3.8, 4) is 0 Å². The Morgan fingerprint density at radius 2 is 1.89 bits per heavy atom. The number of amides is 1. The summed E-state index contributed by atoms with van der Waals surface area (Å²) in [6.07, 6.45) is 10.4. The summed E-state index contributed by atoms with van der Waals surface area (Å²) in [6, 6.07) is 0.917. The van der Waals surface area contributed by atoms with Gasteiger partial charge in [-0.05, 0) is 44.4 Å². The number of carboxylic acid groups (broad SMARTS) is 2. The molecular weight excluding hydrogens is 464 g/mol. The third-order valence-corrected chi connectivity index (χ3v) is 7.18. The molecule has 0 aromatic carbocycles. The van der Waals surface area contributed by atoms with E-state index in [9.17, 15) is 4.79 Å². The molecule has 1 aromatic heterocycles. The predicted octanol–water partition coefficient (Wildman–Crippen LogP) is 3.22. The van der Waals surface area contributed by atoms with Crippen molar-refractivity contribution in [3.05, 3.63) is 18.2 Å². The zero-order chi connectivity index (χ0) is 27.1. The normalized spacial score (nSPS) is 22.5. The summed E-state index contributed by atoms with van der Waals surface area (Å²) in [5.74, 6) is 2.45. The fourth-order valence-electron chi connectivity index (χ4n) is 5.65. The van der Waals surface area contributed by atoms with E-state index in [1.807, 2.05) is 12.4 Å². The minimum Gasteiger partial charge on any atom is -0.483 e. The molecule has 2 aliphatic rings. The molecule has 3 rings (SSSR count). The Kier molecular flexibility index (Phi) is 14.3. The summed E-state index contributed by atoms with van der Waals surface area (Å²) in [7, 11) is 1.77. The number of carbonyl (C=O) groups is 3. The topological polar surface area (TPSA) is 134 Å². The number of aryl methyl sites for hydroxylation is 1. The number of nitrogens with zero attached hydrogens (tertiary/aromatic N) is 3. The monoisotopic (exact) mass is 510 g/mol. The fraction of sp³-hybridized carbons (Fsp3) is 0.769. The molecule has 0 saturated carbocycles. The number of nitrogens with one attached hydrogen (secondary N) is 1. The van der Waals surface area contributed by atoms with Gasteiger partial charge in [0.2, 0.25) is 5.91 Å². The van der Waals surface area contributed by atoms with Gasteiger partial charge in [0.15, 0.2) is 0 Å². The van der Waals surface area contributed by atoms with Crippen LogP contribution in [0.5, 0.6) is 0 Å². The number of imidazole rings is 1. The number of aromatic nitrogens is 2. The van der Waals surface area contributed by atoms with E-state index in [2.05, 4.69) is 47.5 Å². The zero-order valence-corrected chi connectivity index (χ0v) is 22.6. The first-order valence-corrected chi connectivity index (χ1v) is 12.9. The number of carbonyl (C=O) groups excluding carboxylic acids is 1. The molecule has 206 valence electrons. The van der Waals surface area contributed by atoms with Gasteiger partial charge in [-0.2, -0.15) is 0 Å². The maximum Gasteiger partial charge on any atom is 0.290 e. The number of hydrogen-bond donors (Lipinski definition) is 3. The molecule has 0 unspecified atom stereocenters. The number of hydrogen-bond acceptors (Lipinski definition) is 6. The highest BCUT2D eigenvalue weighted by Crippen LogP contribution is 2.52. The SMILES string of the molecule is COCCN1[C@@H]2CC[C@H]1[C@@](CCC(C)C)(C(=O)NCCCn1ccnc1C(C)C)C2.O=CO.O=CO. The maximum absolute atomic E-state index is 13.5. The highest BCUT2D eigenvalue weighted by molar-refractivity contribution is 5.84. The van der Waals surface area contributed by atoms with Gasteiger partial charge in [0.25, 0.3) is 12.9 Å². The van der Waals surface area contributed by atoms with Crippen LogP contribution in [0, 0.1) is 11.3 Å².